The van der Waals surface area contributed by atoms with Crippen LogP contribution in [0.5, 0.6) is 0 Å². The number of hydrogen-bond acceptors (Lipinski definition) is 3. The molecule has 0 aromatic carbocycles. The van der Waals surface area contributed by atoms with Gasteiger partial charge in [0.2, 0.25) is 0 Å². The van der Waals surface area contributed by atoms with Gasteiger partial charge in [-0.2, -0.15) is 0 Å². The number of hydrogen-bond donors (Lipinski definition) is 3. The summed E-state index contributed by atoms with van der Waals surface area (Å²) in [5.41, 5.74) is 0. The molecular weight excluding hydrogens is 132 g/mol. The highest BCUT2D eigenvalue weighted by Crippen LogP contribution is 1.98. The normalized spacial score (nSPS) is 20.2. The van der Waals surface area contributed by atoms with Crippen LogP contribution in [0.4, 0.5) is 0 Å². The Labute approximate surface area is 58.8 Å². The second kappa shape index (κ2) is 2.26. The molecule has 0 amide bonds. The van der Waals surface area contributed by atoms with Crippen molar-refractivity contribution in [3.63, 3.8) is 0 Å². The van der Waals surface area contributed by atoms with Crippen LogP contribution in [0.15, 0.2) is 0 Å². The van der Waals surface area contributed by atoms with Crippen molar-refractivity contribution in [2.24, 2.45) is 0 Å². The molecular formula is C5H10N4O. The van der Waals surface area contributed by atoms with E-state index >= 15 is 0 Å². The summed E-state index contributed by atoms with van der Waals surface area (Å²) in [7, 11) is 1.73. The molecule has 56 valence electrons. The van der Waals surface area contributed by atoms with Gasteiger partial charge in [-0.15, -0.1) is 0 Å². The highest BCUT2D eigenvalue weighted by molar-refractivity contribution is 5.94. The average Bonchev–Trinajstić information content (AvgIpc) is 1.84. The second-order valence-corrected chi connectivity index (χ2v) is 2.31. The maximum atomic E-state index is 8.91. The van der Waals surface area contributed by atoms with Crippen LogP contribution in [0.1, 0.15) is 0 Å². The minimum atomic E-state index is 0.120. The third-order valence-corrected chi connectivity index (χ3v) is 1.46. The first-order valence-electron chi connectivity index (χ1n) is 2.93. The lowest BCUT2D eigenvalue weighted by atomic mass is 10.3. The number of amidine groups is 2. The summed E-state index contributed by atoms with van der Waals surface area (Å²) < 4.78 is 0. The maximum absolute atomic E-state index is 8.91. The van der Waals surface area contributed by atoms with Crippen molar-refractivity contribution in [3.8, 4) is 0 Å². The van der Waals surface area contributed by atoms with E-state index in [1.807, 2.05) is 0 Å². The first kappa shape index (κ1) is 7.01. The predicted octanol–water partition coefficient (Wildman–Crippen LogP) is -0.422. The van der Waals surface area contributed by atoms with Crippen LogP contribution in [-0.2, 0) is 0 Å². The molecule has 0 aromatic heterocycles. The van der Waals surface area contributed by atoms with Gasteiger partial charge in [0.25, 0.3) is 0 Å². The SMILES string of the molecule is CN1CC(=N)N(O)CC1=N. The molecule has 0 bridgehead atoms. The molecule has 3 N–H and O–H groups in total. The number of nitrogens with zero attached hydrogens (tertiary/aromatic N) is 2. The van der Waals surface area contributed by atoms with Gasteiger partial charge in [0.1, 0.15) is 18.2 Å². The van der Waals surface area contributed by atoms with E-state index in [4.69, 9.17) is 16.0 Å². The van der Waals surface area contributed by atoms with E-state index in [1.54, 1.807) is 11.9 Å². The number of rotatable bonds is 0. The zero-order valence-corrected chi connectivity index (χ0v) is 5.76. The summed E-state index contributed by atoms with van der Waals surface area (Å²) in [5, 5.41) is 24.1. The summed E-state index contributed by atoms with van der Waals surface area (Å²) in [5.74, 6) is 0.469. The Bertz CT molecular complexity index is 158. The van der Waals surface area contributed by atoms with Crippen molar-refractivity contribution in [2.75, 3.05) is 20.1 Å². The van der Waals surface area contributed by atoms with E-state index in [-0.39, 0.29) is 12.4 Å². The summed E-state index contributed by atoms with van der Waals surface area (Å²) in [6.07, 6.45) is 0. The summed E-state index contributed by atoms with van der Waals surface area (Å²) >= 11 is 0. The van der Waals surface area contributed by atoms with Crippen LogP contribution in [0.2, 0.25) is 0 Å². The van der Waals surface area contributed by atoms with E-state index in [9.17, 15) is 0 Å². The number of likely N-dealkylation sites (N-methyl/N-ethyl adjacent to an activating group) is 1. The van der Waals surface area contributed by atoms with Gasteiger partial charge in [0, 0.05) is 7.05 Å². The number of piperazine rings is 1. The largest absolute Gasteiger partial charge is 0.355 e. The van der Waals surface area contributed by atoms with Crippen molar-refractivity contribution < 1.29 is 5.21 Å². The fourth-order valence-corrected chi connectivity index (χ4v) is 0.760. The number of nitrogens with one attached hydrogen (secondary N) is 2. The van der Waals surface area contributed by atoms with Crippen LogP contribution >= 0.6 is 0 Å². The molecule has 1 saturated heterocycles. The van der Waals surface area contributed by atoms with Crippen molar-refractivity contribution in [1.82, 2.24) is 9.96 Å². The van der Waals surface area contributed by atoms with Gasteiger partial charge >= 0.3 is 0 Å². The van der Waals surface area contributed by atoms with Gasteiger partial charge in [0.15, 0.2) is 0 Å². The molecule has 1 heterocycles. The second-order valence-electron chi connectivity index (χ2n) is 2.31. The third kappa shape index (κ3) is 1.08. The zero-order chi connectivity index (χ0) is 7.72. The van der Waals surface area contributed by atoms with E-state index in [0.717, 1.165) is 5.06 Å². The van der Waals surface area contributed by atoms with Gasteiger partial charge in [-0.1, -0.05) is 0 Å². The minimum Gasteiger partial charge on any atom is -0.355 e. The van der Waals surface area contributed by atoms with Crippen LogP contribution < -0.4 is 0 Å². The third-order valence-electron chi connectivity index (χ3n) is 1.46. The fraction of sp³-hybridized carbons (Fsp3) is 0.600. The van der Waals surface area contributed by atoms with Crippen molar-refractivity contribution in [3.05, 3.63) is 0 Å². The zero-order valence-electron chi connectivity index (χ0n) is 5.76. The molecule has 1 aliphatic heterocycles. The molecule has 1 aliphatic rings. The highest BCUT2D eigenvalue weighted by Gasteiger charge is 2.20. The molecule has 0 spiro atoms. The minimum absolute atomic E-state index is 0.120. The lowest BCUT2D eigenvalue weighted by molar-refractivity contribution is -0.0103. The summed E-state index contributed by atoms with van der Waals surface area (Å²) in [4.78, 5) is 1.62. The smallest absolute Gasteiger partial charge is 0.140 e. The molecule has 0 aromatic rings. The van der Waals surface area contributed by atoms with Gasteiger partial charge in [-0.25, -0.2) is 5.06 Å². The van der Waals surface area contributed by atoms with Crippen molar-refractivity contribution >= 4 is 11.7 Å². The molecule has 0 atom stereocenters. The lowest BCUT2D eigenvalue weighted by Gasteiger charge is -2.31. The van der Waals surface area contributed by atoms with E-state index in [1.165, 1.54) is 0 Å². The first-order chi connectivity index (χ1) is 4.61. The molecule has 1 rings (SSSR count). The van der Waals surface area contributed by atoms with Gasteiger partial charge < -0.3 is 4.90 Å². The van der Waals surface area contributed by atoms with Crippen LogP contribution in [0.25, 0.3) is 0 Å². The topological polar surface area (TPSA) is 74.4 Å². The highest BCUT2D eigenvalue weighted by atomic mass is 16.5. The predicted molar refractivity (Wildman–Crippen MR) is 36.6 cm³/mol. The standard InChI is InChI=1S/C5H10N4O/c1-8-2-5(7)9(10)3-4(8)6/h6-7,10H,2-3H2,1H3. The summed E-state index contributed by atoms with van der Waals surface area (Å²) in [6.45, 7) is 0.435. The van der Waals surface area contributed by atoms with E-state index < -0.39 is 0 Å². The Morgan fingerprint density at radius 2 is 1.90 bits per heavy atom. The molecule has 0 aliphatic carbocycles. The Morgan fingerprint density at radius 1 is 1.30 bits per heavy atom. The van der Waals surface area contributed by atoms with Gasteiger partial charge in [-0.05, 0) is 0 Å². The van der Waals surface area contributed by atoms with Crippen LogP contribution in [0, 0.1) is 10.8 Å². The first-order valence-corrected chi connectivity index (χ1v) is 2.93. The van der Waals surface area contributed by atoms with Crippen LogP contribution in [0.3, 0.4) is 0 Å². The average molecular weight is 142 g/mol. The molecule has 1 fully saturated rings. The summed E-state index contributed by atoms with van der Waals surface area (Å²) in [6, 6.07) is 0. The van der Waals surface area contributed by atoms with E-state index in [2.05, 4.69) is 0 Å². The van der Waals surface area contributed by atoms with Crippen molar-refractivity contribution in [2.45, 2.75) is 0 Å². The molecule has 0 radical (unpaired) electrons. The van der Waals surface area contributed by atoms with Gasteiger partial charge in [-0.3, -0.25) is 16.0 Å². The number of hydroxylamine groups is 2. The Balaban J connectivity index is 2.63. The van der Waals surface area contributed by atoms with Gasteiger partial charge in [0.05, 0.1) is 6.54 Å². The molecule has 5 heteroatoms. The monoisotopic (exact) mass is 142 g/mol. The maximum Gasteiger partial charge on any atom is 0.140 e. The molecule has 0 unspecified atom stereocenters. The molecule has 10 heavy (non-hydrogen) atoms. The molecule has 0 saturated carbocycles. The Hall–Kier alpha value is -1.10. The Kier molecular flexibility index (Phi) is 1.58. The van der Waals surface area contributed by atoms with Crippen LogP contribution in [-0.4, -0.2) is 47.0 Å². The quantitative estimate of drug-likeness (QED) is 0.430. The molecule has 5 nitrogen and oxygen atoms in total. The fourth-order valence-electron chi connectivity index (χ4n) is 0.760. The Morgan fingerprint density at radius 3 is 2.40 bits per heavy atom. The van der Waals surface area contributed by atoms with Crippen molar-refractivity contribution in [1.29, 1.82) is 10.8 Å². The lowest BCUT2D eigenvalue weighted by Crippen LogP contribution is -2.50. The van der Waals surface area contributed by atoms with E-state index in [0.29, 0.717) is 12.4 Å².